The van der Waals surface area contributed by atoms with Crippen molar-refractivity contribution >= 4 is 22.4 Å². The summed E-state index contributed by atoms with van der Waals surface area (Å²) in [5.74, 6) is -1.90. The molecular formula is C13H21ClF2N2O2S. The number of sulfonamides is 1. The van der Waals surface area contributed by atoms with Gasteiger partial charge < -0.3 is 5.73 Å². The second-order valence-corrected chi connectivity index (χ2v) is 6.66. The quantitative estimate of drug-likeness (QED) is 0.834. The van der Waals surface area contributed by atoms with E-state index in [-0.39, 0.29) is 24.5 Å². The van der Waals surface area contributed by atoms with Crippen LogP contribution in [0.4, 0.5) is 8.78 Å². The number of aryl methyl sites for hydroxylation is 1. The van der Waals surface area contributed by atoms with Crippen LogP contribution in [0.3, 0.4) is 0 Å². The van der Waals surface area contributed by atoms with E-state index in [0.717, 1.165) is 6.07 Å². The van der Waals surface area contributed by atoms with E-state index in [9.17, 15) is 17.2 Å². The average molecular weight is 343 g/mol. The number of hydrogen-bond donors (Lipinski definition) is 2. The van der Waals surface area contributed by atoms with E-state index in [0.29, 0.717) is 18.9 Å². The zero-order chi connectivity index (χ0) is 15.6. The summed E-state index contributed by atoms with van der Waals surface area (Å²) in [4.78, 5) is -0.564. The van der Waals surface area contributed by atoms with Crippen molar-refractivity contribution in [2.75, 3.05) is 6.54 Å². The summed E-state index contributed by atoms with van der Waals surface area (Å²) >= 11 is 0. The molecule has 1 aromatic carbocycles. The zero-order valence-electron chi connectivity index (χ0n) is 12.2. The van der Waals surface area contributed by atoms with Crippen molar-refractivity contribution in [2.24, 2.45) is 5.73 Å². The van der Waals surface area contributed by atoms with Gasteiger partial charge in [-0.2, -0.15) is 0 Å². The average Bonchev–Trinajstić information content (AvgIpc) is 2.40. The molecule has 0 radical (unpaired) electrons. The maximum absolute atomic E-state index is 13.6. The number of nitrogens with two attached hydrogens (primary N) is 1. The van der Waals surface area contributed by atoms with Crippen LogP contribution in [-0.4, -0.2) is 20.5 Å². The minimum absolute atomic E-state index is 0. The van der Waals surface area contributed by atoms with Gasteiger partial charge in [-0.25, -0.2) is 21.9 Å². The van der Waals surface area contributed by atoms with Crippen LogP contribution >= 0.6 is 12.4 Å². The van der Waals surface area contributed by atoms with E-state index in [1.807, 2.05) is 13.8 Å². The molecule has 0 saturated carbocycles. The third-order valence-corrected chi connectivity index (χ3v) is 4.94. The van der Waals surface area contributed by atoms with Crippen LogP contribution in [0.25, 0.3) is 0 Å². The first kappa shape index (κ1) is 20.2. The van der Waals surface area contributed by atoms with Crippen LogP contribution in [0.2, 0.25) is 0 Å². The van der Waals surface area contributed by atoms with Gasteiger partial charge in [0.05, 0.1) is 0 Å². The van der Waals surface area contributed by atoms with Gasteiger partial charge in [0, 0.05) is 18.2 Å². The van der Waals surface area contributed by atoms with Crippen LogP contribution in [0.15, 0.2) is 17.0 Å². The fraction of sp³-hybridized carbons (Fsp3) is 0.538. The SMILES string of the molecule is CCC(N)(CC)CNS(=O)(=O)c1cc(C)c(F)cc1F.Cl. The molecule has 0 amide bonds. The van der Waals surface area contributed by atoms with Gasteiger partial charge in [-0.1, -0.05) is 13.8 Å². The molecule has 21 heavy (non-hydrogen) atoms. The Bertz CT molecular complexity index is 590. The Labute approximate surface area is 130 Å². The number of hydrogen-bond acceptors (Lipinski definition) is 3. The van der Waals surface area contributed by atoms with Crippen LogP contribution in [-0.2, 0) is 10.0 Å². The molecule has 0 heterocycles. The fourth-order valence-electron chi connectivity index (χ4n) is 1.65. The molecule has 8 heteroatoms. The molecule has 0 bridgehead atoms. The molecule has 3 N–H and O–H groups in total. The summed E-state index contributed by atoms with van der Waals surface area (Å²) in [6, 6.07) is 1.54. The first-order valence-electron chi connectivity index (χ1n) is 6.39. The largest absolute Gasteiger partial charge is 0.324 e. The van der Waals surface area contributed by atoms with Crippen LogP contribution < -0.4 is 10.5 Å². The highest BCUT2D eigenvalue weighted by molar-refractivity contribution is 7.89. The minimum Gasteiger partial charge on any atom is -0.324 e. The summed E-state index contributed by atoms with van der Waals surface area (Å²) in [7, 11) is -4.06. The summed E-state index contributed by atoms with van der Waals surface area (Å²) in [5.41, 5.74) is 5.38. The lowest BCUT2D eigenvalue weighted by Crippen LogP contribution is -2.49. The third-order valence-electron chi connectivity index (χ3n) is 3.53. The number of halogens is 3. The Morgan fingerprint density at radius 3 is 2.19 bits per heavy atom. The van der Waals surface area contributed by atoms with Crippen LogP contribution in [0.5, 0.6) is 0 Å². The molecule has 0 saturated heterocycles. The molecule has 0 spiro atoms. The van der Waals surface area contributed by atoms with Crippen molar-refractivity contribution in [1.82, 2.24) is 4.72 Å². The number of rotatable bonds is 6. The maximum Gasteiger partial charge on any atom is 0.243 e. The normalized spacial score (nSPS) is 12.1. The predicted molar refractivity (Wildman–Crippen MR) is 81.0 cm³/mol. The predicted octanol–water partition coefficient (Wildman–Crippen LogP) is 2.49. The lowest BCUT2D eigenvalue weighted by molar-refractivity contribution is 0.391. The van der Waals surface area contributed by atoms with E-state index >= 15 is 0 Å². The Kier molecular flexibility index (Phi) is 7.22. The van der Waals surface area contributed by atoms with Gasteiger partial charge in [-0.05, 0) is 31.4 Å². The van der Waals surface area contributed by atoms with E-state index in [4.69, 9.17) is 5.73 Å². The summed E-state index contributed by atoms with van der Waals surface area (Å²) < 4.78 is 53.2. The van der Waals surface area contributed by atoms with E-state index in [1.165, 1.54) is 6.92 Å². The van der Waals surface area contributed by atoms with Crippen molar-refractivity contribution in [3.63, 3.8) is 0 Å². The topological polar surface area (TPSA) is 72.2 Å². The van der Waals surface area contributed by atoms with Crippen molar-refractivity contribution in [2.45, 2.75) is 44.0 Å². The van der Waals surface area contributed by atoms with Gasteiger partial charge in [0.1, 0.15) is 16.5 Å². The Balaban J connectivity index is 0.00000400. The molecule has 122 valence electrons. The van der Waals surface area contributed by atoms with Gasteiger partial charge in [0.15, 0.2) is 0 Å². The molecule has 0 aliphatic heterocycles. The van der Waals surface area contributed by atoms with Crippen molar-refractivity contribution in [3.8, 4) is 0 Å². The van der Waals surface area contributed by atoms with E-state index in [1.54, 1.807) is 0 Å². The second kappa shape index (κ2) is 7.49. The Morgan fingerprint density at radius 2 is 1.71 bits per heavy atom. The molecule has 0 fully saturated rings. The monoisotopic (exact) mass is 342 g/mol. The molecule has 0 atom stereocenters. The van der Waals surface area contributed by atoms with Gasteiger partial charge >= 0.3 is 0 Å². The molecule has 4 nitrogen and oxygen atoms in total. The first-order valence-corrected chi connectivity index (χ1v) is 7.87. The molecule has 0 aliphatic carbocycles. The highest BCUT2D eigenvalue weighted by atomic mass is 35.5. The molecule has 0 aromatic heterocycles. The minimum atomic E-state index is -4.06. The molecule has 1 rings (SSSR count). The highest BCUT2D eigenvalue weighted by Crippen LogP contribution is 2.19. The van der Waals surface area contributed by atoms with E-state index < -0.39 is 32.1 Å². The van der Waals surface area contributed by atoms with Crippen LogP contribution in [0, 0.1) is 18.6 Å². The van der Waals surface area contributed by atoms with Crippen molar-refractivity contribution in [3.05, 3.63) is 29.3 Å². The van der Waals surface area contributed by atoms with Crippen molar-refractivity contribution < 1.29 is 17.2 Å². The van der Waals surface area contributed by atoms with Gasteiger partial charge in [-0.3, -0.25) is 0 Å². The molecule has 1 aromatic rings. The lowest BCUT2D eigenvalue weighted by Gasteiger charge is -2.26. The Morgan fingerprint density at radius 1 is 1.19 bits per heavy atom. The molecule has 0 aliphatic rings. The first-order chi connectivity index (χ1) is 9.15. The standard InChI is InChI=1S/C13H20F2N2O2S.ClH/c1-4-13(16,5-2)8-17-20(18,19)12-6-9(3)10(14)7-11(12)15;/h6-7,17H,4-5,8,16H2,1-3H3;1H. The maximum atomic E-state index is 13.6. The molecule has 0 unspecified atom stereocenters. The van der Waals surface area contributed by atoms with Gasteiger partial charge in [-0.15, -0.1) is 12.4 Å². The number of benzene rings is 1. The smallest absolute Gasteiger partial charge is 0.243 e. The second-order valence-electron chi connectivity index (χ2n) is 4.93. The zero-order valence-corrected chi connectivity index (χ0v) is 13.9. The summed E-state index contributed by atoms with van der Waals surface area (Å²) in [6.45, 7) is 5.07. The van der Waals surface area contributed by atoms with Gasteiger partial charge in [0.25, 0.3) is 0 Å². The summed E-state index contributed by atoms with van der Waals surface area (Å²) in [6.07, 6.45) is 1.16. The summed E-state index contributed by atoms with van der Waals surface area (Å²) in [5, 5.41) is 0. The number of nitrogens with one attached hydrogen (secondary N) is 1. The van der Waals surface area contributed by atoms with E-state index in [2.05, 4.69) is 4.72 Å². The fourth-order valence-corrected chi connectivity index (χ4v) is 2.93. The van der Waals surface area contributed by atoms with Crippen molar-refractivity contribution in [1.29, 1.82) is 0 Å². The Hall–Kier alpha value is -0.760. The third kappa shape index (κ3) is 4.88. The lowest BCUT2D eigenvalue weighted by atomic mass is 9.95. The molecular weight excluding hydrogens is 322 g/mol. The van der Waals surface area contributed by atoms with Gasteiger partial charge in [0.2, 0.25) is 10.0 Å². The van der Waals surface area contributed by atoms with Crippen LogP contribution in [0.1, 0.15) is 32.3 Å². The highest BCUT2D eigenvalue weighted by Gasteiger charge is 2.26.